The van der Waals surface area contributed by atoms with Gasteiger partial charge in [0, 0.05) is 15.6 Å². The van der Waals surface area contributed by atoms with Gasteiger partial charge in [-0.1, -0.05) is 18.5 Å². The fourth-order valence-electron chi connectivity index (χ4n) is 1.96. The number of anilines is 1. The Morgan fingerprint density at radius 3 is 2.28 bits per heavy atom. The molecule has 1 N–H and O–H groups in total. The molecule has 0 unspecified atom stereocenters. The Hall–Kier alpha value is -1.86. The summed E-state index contributed by atoms with van der Waals surface area (Å²) >= 11 is 7.23. The van der Waals surface area contributed by atoms with Gasteiger partial charge in [-0.2, -0.15) is 0 Å². The Morgan fingerprint density at radius 2 is 1.76 bits per heavy atom. The average molecular weight is 390 g/mol. The van der Waals surface area contributed by atoms with Crippen LogP contribution in [0.2, 0.25) is 5.02 Å². The Labute approximate surface area is 152 Å². The largest absolute Gasteiger partial charge is 0.573 e. The first-order chi connectivity index (χ1) is 11.8. The predicted molar refractivity (Wildman–Crippen MR) is 93.1 cm³/mol. The lowest BCUT2D eigenvalue weighted by Crippen LogP contribution is -2.24. The third kappa shape index (κ3) is 6.51. The van der Waals surface area contributed by atoms with Gasteiger partial charge in [-0.3, -0.25) is 4.79 Å². The summed E-state index contributed by atoms with van der Waals surface area (Å²) in [6, 6.07) is 12.2. The molecule has 0 aliphatic carbocycles. The summed E-state index contributed by atoms with van der Waals surface area (Å²) in [6.07, 6.45) is -4.15. The van der Waals surface area contributed by atoms with E-state index in [2.05, 4.69) is 10.1 Å². The SMILES string of the molecule is CC[C@@H](Sc1ccc(Cl)cc1)C(=O)Nc1ccc(OC(F)(F)F)cc1. The van der Waals surface area contributed by atoms with Crippen LogP contribution >= 0.6 is 23.4 Å². The maximum atomic E-state index is 12.4. The molecule has 0 aliphatic heterocycles. The van der Waals surface area contributed by atoms with E-state index in [1.54, 1.807) is 12.1 Å². The van der Waals surface area contributed by atoms with Crippen LogP contribution in [0.25, 0.3) is 0 Å². The number of amides is 1. The average Bonchev–Trinajstić information content (AvgIpc) is 2.54. The zero-order valence-corrected chi connectivity index (χ0v) is 14.7. The van der Waals surface area contributed by atoms with Crippen molar-refractivity contribution in [1.82, 2.24) is 0 Å². The smallest absolute Gasteiger partial charge is 0.406 e. The second-order valence-corrected chi connectivity index (χ2v) is 6.74. The molecular weight excluding hydrogens is 375 g/mol. The molecule has 0 heterocycles. The van der Waals surface area contributed by atoms with Crippen molar-refractivity contribution in [1.29, 1.82) is 0 Å². The summed E-state index contributed by atoms with van der Waals surface area (Å²) in [5.74, 6) is -0.569. The molecule has 0 aromatic heterocycles. The Bertz CT molecular complexity index is 705. The van der Waals surface area contributed by atoms with Gasteiger partial charge in [0.15, 0.2) is 0 Å². The first kappa shape index (κ1) is 19.5. The van der Waals surface area contributed by atoms with Crippen molar-refractivity contribution in [2.75, 3.05) is 5.32 Å². The minimum atomic E-state index is -4.74. The summed E-state index contributed by atoms with van der Waals surface area (Å²) < 4.78 is 40.2. The molecule has 0 saturated heterocycles. The number of thioether (sulfide) groups is 1. The molecule has 2 aromatic rings. The molecule has 0 fully saturated rings. The van der Waals surface area contributed by atoms with Crippen LogP contribution < -0.4 is 10.1 Å². The molecule has 0 aliphatic rings. The topological polar surface area (TPSA) is 38.3 Å². The van der Waals surface area contributed by atoms with E-state index < -0.39 is 6.36 Å². The van der Waals surface area contributed by atoms with E-state index >= 15 is 0 Å². The van der Waals surface area contributed by atoms with E-state index in [-0.39, 0.29) is 16.9 Å². The molecular formula is C17H15ClF3NO2S. The third-order valence-electron chi connectivity index (χ3n) is 3.11. The summed E-state index contributed by atoms with van der Waals surface area (Å²) in [6.45, 7) is 1.88. The number of ether oxygens (including phenoxy) is 1. The number of hydrogen-bond donors (Lipinski definition) is 1. The lowest BCUT2D eigenvalue weighted by molar-refractivity contribution is -0.274. The summed E-state index contributed by atoms with van der Waals surface area (Å²) in [7, 11) is 0. The summed E-state index contributed by atoms with van der Waals surface area (Å²) in [5.41, 5.74) is 0.398. The van der Waals surface area contributed by atoms with Gasteiger partial charge in [-0.05, 0) is 55.0 Å². The highest BCUT2D eigenvalue weighted by Gasteiger charge is 2.31. The van der Waals surface area contributed by atoms with Gasteiger partial charge < -0.3 is 10.1 Å². The fourth-order valence-corrected chi connectivity index (χ4v) is 3.04. The van der Waals surface area contributed by atoms with Crippen LogP contribution in [0, 0.1) is 0 Å². The Morgan fingerprint density at radius 1 is 1.16 bits per heavy atom. The molecule has 2 aromatic carbocycles. The number of nitrogens with one attached hydrogen (secondary N) is 1. The predicted octanol–water partition coefficient (Wildman–Crippen LogP) is 5.75. The molecule has 0 bridgehead atoms. The van der Waals surface area contributed by atoms with Crippen molar-refractivity contribution in [2.45, 2.75) is 29.9 Å². The number of hydrogen-bond acceptors (Lipinski definition) is 3. The fraction of sp³-hybridized carbons (Fsp3) is 0.235. The van der Waals surface area contributed by atoms with Crippen LogP contribution in [0.5, 0.6) is 5.75 Å². The normalized spacial score (nSPS) is 12.5. The quantitative estimate of drug-likeness (QED) is 0.639. The molecule has 134 valence electrons. The highest BCUT2D eigenvalue weighted by Crippen LogP contribution is 2.28. The van der Waals surface area contributed by atoms with Crippen molar-refractivity contribution in [3.8, 4) is 5.75 Å². The standard InChI is InChI=1S/C17H15ClF3NO2S/c1-2-15(25-14-9-3-11(18)4-10-14)16(23)22-12-5-7-13(8-6-12)24-17(19,20)21/h3-10,15H,2H2,1H3,(H,22,23)/t15-/m1/s1. The monoisotopic (exact) mass is 389 g/mol. The lowest BCUT2D eigenvalue weighted by atomic mass is 10.2. The summed E-state index contributed by atoms with van der Waals surface area (Å²) in [5, 5.41) is 2.97. The van der Waals surface area contributed by atoms with E-state index in [9.17, 15) is 18.0 Å². The van der Waals surface area contributed by atoms with Crippen molar-refractivity contribution in [3.05, 3.63) is 53.6 Å². The number of halogens is 4. The molecule has 3 nitrogen and oxygen atoms in total. The van der Waals surface area contributed by atoms with Gasteiger partial charge in [0.2, 0.25) is 5.91 Å². The van der Waals surface area contributed by atoms with E-state index in [4.69, 9.17) is 11.6 Å². The second kappa shape index (κ2) is 8.49. The number of carbonyl (C=O) groups is 1. The third-order valence-corrected chi connectivity index (χ3v) is 4.74. The van der Waals surface area contributed by atoms with Crippen LogP contribution in [0.4, 0.5) is 18.9 Å². The van der Waals surface area contributed by atoms with Crippen LogP contribution in [-0.4, -0.2) is 17.5 Å². The van der Waals surface area contributed by atoms with E-state index in [0.29, 0.717) is 17.1 Å². The van der Waals surface area contributed by atoms with Gasteiger partial charge in [-0.25, -0.2) is 0 Å². The molecule has 25 heavy (non-hydrogen) atoms. The maximum Gasteiger partial charge on any atom is 0.573 e. The first-order valence-electron chi connectivity index (χ1n) is 7.35. The number of rotatable bonds is 6. The van der Waals surface area contributed by atoms with E-state index in [1.807, 2.05) is 19.1 Å². The zero-order chi connectivity index (χ0) is 18.4. The first-order valence-corrected chi connectivity index (χ1v) is 8.61. The van der Waals surface area contributed by atoms with Gasteiger partial charge in [0.25, 0.3) is 0 Å². The van der Waals surface area contributed by atoms with Crippen LogP contribution in [0.15, 0.2) is 53.4 Å². The number of benzene rings is 2. The van der Waals surface area contributed by atoms with Crippen molar-refractivity contribution in [3.63, 3.8) is 0 Å². The molecule has 0 radical (unpaired) electrons. The molecule has 1 amide bonds. The Balaban J connectivity index is 1.97. The number of alkyl halides is 3. The van der Waals surface area contributed by atoms with Crippen molar-refractivity contribution in [2.24, 2.45) is 0 Å². The highest BCUT2D eigenvalue weighted by molar-refractivity contribution is 8.00. The van der Waals surface area contributed by atoms with Crippen LogP contribution in [0.1, 0.15) is 13.3 Å². The van der Waals surface area contributed by atoms with Crippen LogP contribution in [0.3, 0.4) is 0 Å². The molecule has 2 rings (SSSR count). The Kier molecular flexibility index (Phi) is 6.61. The van der Waals surface area contributed by atoms with Crippen molar-refractivity contribution < 1.29 is 22.7 Å². The highest BCUT2D eigenvalue weighted by atomic mass is 35.5. The maximum absolute atomic E-state index is 12.4. The minimum Gasteiger partial charge on any atom is -0.406 e. The number of carbonyl (C=O) groups excluding carboxylic acids is 1. The van der Waals surface area contributed by atoms with Gasteiger partial charge in [0.1, 0.15) is 5.75 Å². The molecule has 8 heteroatoms. The van der Waals surface area contributed by atoms with Crippen molar-refractivity contribution >= 4 is 35.0 Å². The lowest BCUT2D eigenvalue weighted by Gasteiger charge is -2.15. The zero-order valence-electron chi connectivity index (χ0n) is 13.1. The summed E-state index contributed by atoms with van der Waals surface area (Å²) in [4.78, 5) is 13.3. The van der Waals surface area contributed by atoms with Gasteiger partial charge >= 0.3 is 6.36 Å². The second-order valence-electron chi connectivity index (χ2n) is 5.03. The van der Waals surface area contributed by atoms with Gasteiger partial charge in [-0.15, -0.1) is 24.9 Å². The van der Waals surface area contributed by atoms with E-state index in [0.717, 1.165) is 17.0 Å². The minimum absolute atomic E-state index is 0.230. The molecule has 1 atom stereocenters. The van der Waals surface area contributed by atoms with Gasteiger partial charge in [0.05, 0.1) is 5.25 Å². The molecule has 0 spiro atoms. The molecule has 0 saturated carbocycles. The van der Waals surface area contributed by atoms with Crippen LogP contribution in [-0.2, 0) is 4.79 Å². The van der Waals surface area contributed by atoms with E-state index in [1.165, 1.54) is 23.9 Å².